The van der Waals surface area contributed by atoms with Gasteiger partial charge in [-0.15, -0.1) is 0 Å². The number of amides is 1. The van der Waals surface area contributed by atoms with Crippen molar-refractivity contribution in [2.45, 2.75) is 12.6 Å². The Morgan fingerprint density at radius 1 is 1.50 bits per heavy atom. The van der Waals surface area contributed by atoms with E-state index in [4.69, 9.17) is 11.6 Å². The Bertz CT molecular complexity index is 412. The lowest BCUT2D eigenvalue weighted by Crippen LogP contribution is -2.20. The lowest BCUT2D eigenvalue weighted by atomic mass is 10.4. The molecule has 0 atom stereocenters. The molecule has 100 valence electrons. The standard InChI is InChI=1S/C10H10ClF3N2O2/c11-7-2-1-4-15-9(7)16-8(17)3-5-18-6-10(12,13)14/h1-2,4H,3,5-6H2,(H,15,16,17). The summed E-state index contributed by atoms with van der Waals surface area (Å²) in [7, 11) is 0. The number of nitrogens with zero attached hydrogens (tertiary/aromatic N) is 1. The average Bonchev–Trinajstić information content (AvgIpc) is 2.26. The van der Waals surface area contributed by atoms with Gasteiger partial charge in [-0.3, -0.25) is 4.79 Å². The summed E-state index contributed by atoms with van der Waals surface area (Å²) in [5, 5.41) is 2.62. The zero-order valence-corrected chi connectivity index (χ0v) is 9.88. The van der Waals surface area contributed by atoms with E-state index in [1.54, 1.807) is 6.07 Å². The molecule has 1 rings (SSSR count). The number of halogens is 4. The van der Waals surface area contributed by atoms with E-state index in [9.17, 15) is 18.0 Å². The molecule has 0 saturated heterocycles. The topological polar surface area (TPSA) is 51.2 Å². The average molecular weight is 283 g/mol. The summed E-state index contributed by atoms with van der Waals surface area (Å²) in [6, 6.07) is 3.12. The number of alkyl halides is 3. The van der Waals surface area contributed by atoms with Crippen molar-refractivity contribution in [3.05, 3.63) is 23.4 Å². The van der Waals surface area contributed by atoms with E-state index in [1.165, 1.54) is 12.3 Å². The summed E-state index contributed by atoms with van der Waals surface area (Å²) < 4.78 is 39.5. The van der Waals surface area contributed by atoms with Crippen molar-refractivity contribution in [3.8, 4) is 0 Å². The Hall–Kier alpha value is -1.34. The zero-order chi connectivity index (χ0) is 13.6. The summed E-state index contributed by atoms with van der Waals surface area (Å²) in [4.78, 5) is 15.1. The van der Waals surface area contributed by atoms with Crippen LogP contribution in [0.25, 0.3) is 0 Å². The van der Waals surface area contributed by atoms with Gasteiger partial charge in [-0.2, -0.15) is 13.2 Å². The molecule has 0 aliphatic rings. The van der Waals surface area contributed by atoms with Gasteiger partial charge in [0.1, 0.15) is 6.61 Å². The van der Waals surface area contributed by atoms with Crippen LogP contribution in [0.15, 0.2) is 18.3 Å². The number of aromatic nitrogens is 1. The molecular weight excluding hydrogens is 273 g/mol. The molecule has 0 radical (unpaired) electrons. The molecule has 1 heterocycles. The molecule has 4 nitrogen and oxygen atoms in total. The van der Waals surface area contributed by atoms with Crippen molar-refractivity contribution in [1.29, 1.82) is 0 Å². The molecule has 0 aromatic carbocycles. The zero-order valence-electron chi connectivity index (χ0n) is 9.13. The smallest absolute Gasteiger partial charge is 0.372 e. The first-order chi connectivity index (χ1) is 8.38. The molecule has 0 saturated carbocycles. The second-order valence-corrected chi connectivity index (χ2v) is 3.71. The SMILES string of the molecule is O=C(CCOCC(F)(F)F)Nc1ncccc1Cl. The number of pyridine rings is 1. The van der Waals surface area contributed by atoms with Crippen molar-refractivity contribution in [2.24, 2.45) is 0 Å². The van der Waals surface area contributed by atoms with Gasteiger partial charge >= 0.3 is 6.18 Å². The number of carbonyl (C=O) groups is 1. The number of anilines is 1. The summed E-state index contributed by atoms with van der Waals surface area (Å²) in [6.45, 7) is -1.69. The van der Waals surface area contributed by atoms with Gasteiger partial charge in [-0.05, 0) is 12.1 Å². The van der Waals surface area contributed by atoms with Gasteiger partial charge in [0, 0.05) is 6.20 Å². The van der Waals surface area contributed by atoms with Crippen molar-refractivity contribution in [3.63, 3.8) is 0 Å². The molecule has 8 heteroatoms. The molecule has 0 unspecified atom stereocenters. The fourth-order valence-corrected chi connectivity index (χ4v) is 1.19. The van der Waals surface area contributed by atoms with Crippen LogP contribution in [0, 0.1) is 0 Å². The highest BCUT2D eigenvalue weighted by molar-refractivity contribution is 6.33. The first-order valence-corrected chi connectivity index (χ1v) is 5.31. The molecule has 1 aromatic heterocycles. The van der Waals surface area contributed by atoms with Gasteiger partial charge in [0.2, 0.25) is 5.91 Å². The van der Waals surface area contributed by atoms with E-state index < -0.39 is 18.7 Å². The first-order valence-electron chi connectivity index (χ1n) is 4.93. The summed E-state index contributed by atoms with van der Waals surface area (Å²) in [5.41, 5.74) is 0. The van der Waals surface area contributed by atoms with Crippen LogP contribution >= 0.6 is 11.6 Å². The predicted molar refractivity (Wildman–Crippen MR) is 59.4 cm³/mol. The van der Waals surface area contributed by atoms with Gasteiger partial charge < -0.3 is 10.1 Å². The second-order valence-electron chi connectivity index (χ2n) is 3.30. The van der Waals surface area contributed by atoms with Gasteiger partial charge in [-0.1, -0.05) is 11.6 Å². The van der Waals surface area contributed by atoms with Crippen molar-refractivity contribution < 1.29 is 22.7 Å². The maximum atomic E-state index is 11.7. The third-order valence-electron chi connectivity index (χ3n) is 1.76. The Labute approximate surface area is 106 Å². The van der Waals surface area contributed by atoms with E-state index in [2.05, 4.69) is 15.0 Å². The lowest BCUT2D eigenvalue weighted by Gasteiger charge is -2.08. The van der Waals surface area contributed by atoms with Crippen LogP contribution in [0.3, 0.4) is 0 Å². The number of carbonyl (C=O) groups excluding carboxylic acids is 1. The molecule has 0 aliphatic heterocycles. The van der Waals surface area contributed by atoms with Crippen molar-refractivity contribution >= 4 is 23.3 Å². The van der Waals surface area contributed by atoms with Crippen LogP contribution < -0.4 is 5.32 Å². The third-order valence-corrected chi connectivity index (χ3v) is 2.06. The second kappa shape index (κ2) is 6.55. The Kier molecular flexibility index (Phi) is 5.36. The fraction of sp³-hybridized carbons (Fsp3) is 0.400. The monoisotopic (exact) mass is 282 g/mol. The normalized spacial score (nSPS) is 11.3. The molecule has 1 amide bonds. The number of ether oxygens (including phenoxy) is 1. The van der Waals surface area contributed by atoms with Gasteiger partial charge in [0.25, 0.3) is 0 Å². The summed E-state index contributed by atoms with van der Waals surface area (Å²) in [6.07, 6.45) is -3.16. The predicted octanol–water partition coefficient (Wildman–Crippen LogP) is 2.64. The van der Waals surface area contributed by atoms with E-state index in [0.717, 1.165) is 0 Å². The maximum Gasteiger partial charge on any atom is 0.411 e. The molecule has 0 bridgehead atoms. The number of hydrogen-bond acceptors (Lipinski definition) is 3. The maximum absolute atomic E-state index is 11.7. The highest BCUT2D eigenvalue weighted by atomic mass is 35.5. The van der Waals surface area contributed by atoms with E-state index in [1.807, 2.05) is 0 Å². The van der Waals surface area contributed by atoms with E-state index in [0.29, 0.717) is 0 Å². The molecule has 1 N–H and O–H groups in total. The Morgan fingerprint density at radius 3 is 2.83 bits per heavy atom. The Morgan fingerprint density at radius 2 is 2.22 bits per heavy atom. The number of rotatable bonds is 5. The highest BCUT2D eigenvalue weighted by Gasteiger charge is 2.27. The van der Waals surface area contributed by atoms with Crippen LogP contribution in [0.1, 0.15) is 6.42 Å². The van der Waals surface area contributed by atoms with Crippen LogP contribution in [0.4, 0.5) is 19.0 Å². The molecule has 0 fully saturated rings. The molecular formula is C10H10ClF3N2O2. The van der Waals surface area contributed by atoms with Crippen LogP contribution in [0.5, 0.6) is 0 Å². The van der Waals surface area contributed by atoms with E-state index >= 15 is 0 Å². The number of hydrogen-bond donors (Lipinski definition) is 1. The minimum Gasteiger partial charge on any atom is -0.372 e. The lowest BCUT2D eigenvalue weighted by molar-refractivity contribution is -0.174. The fourth-order valence-electron chi connectivity index (χ4n) is 1.02. The van der Waals surface area contributed by atoms with Crippen molar-refractivity contribution in [1.82, 2.24) is 4.98 Å². The molecule has 1 aromatic rings. The Balaban J connectivity index is 2.29. The molecule has 0 spiro atoms. The summed E-state index contributed by atoms with van der Waals surface area (Å²) in [5.74, 6) is -0.349. The minimum absolute atomic E-state index is 0.167. The van der Waals surface area contributed by atoms with Crippen LogP contribution in [-0.4, -0.2) is 30.3 Å². The van der Waals surface area contributed by atoms with E-state index in [-0.39, 0.29) is 23.9 Å². The largest absolute Gasteiger partial charge is 0.411 e. The first kappa shape index (κ1) is 14.7. The summed E-state index contributed by atoms with van der Waals surface area (Å²) >= 11 is 5.73. The number of nitrogens with one attached hydrogen (secondary N) is 1. The quantitative estimate of drug-likeness (QED) is 0.845. The van der Waals surface area contributed by atoms with Crippen LogP contribution in [-0.2, 0) is 9.53 Å². The van der Waals surface area contributed by atoms with Gasteiger partial charge in [-0.25, -0.2) is 4.98 Å². The van der Waals surface area contributed by atoms with Crippen molar-refractivity contribution in [2.75, 3.05) is 18.5 Å². The highest BCUT2D eigenvalue weighted by Crippen LogP contribution is 2.17. The van der Waals surface area contributed by atoms with Crippen LogP contribution in [0.2, 0.25) is 5.02 Å². The molecule has 0 aliphatic carbocycles. The molecule has 18 heavy (non-hydrogen) atoms. The third kappa shape index (κ3) is 5.83. The minimum atomic E-state index is -4.39. The van der Waals surface area contributed by atoms with Gasteiger partial charge in [0.05, 0.1) is 18.1 Å². The van der Waals surface area contributed by atoms with Gasteiger partial charge in [0.15, 0.2) is 5.82 Å².